The fourth-order valence-corrected chi connectivity index (χ4v) is 2.50. The topological polar surface area (TPSA) is 66.5 Å². The van der Waals surface area contributed by atoms with E-state index in [-0.39, 0.29) is 30.2 Å². The van der Waals surface area contributed by atoms with E-state index in [1.165, 1.54) is 11.2 Å². The fraction of sp³-hybridized carbons (Fsp3) is 0.900. The van der Waals surface area contributed by atoms with E-state index in [2.05, 4.69) is 5.32 Å². The molecule has 94 valence electrons. The van der Waals surface area contributed by atoms with Crippen LogP contribution in [0.5, 0.6) is 0 Å². The Kier molecular flexibility index (Phi) is 4.32. The van der Waals surface area contributed by atoms with E-state index in [9.17, 15) is 13.2 Å². The van der Waals surface area contributed by atoms with Gasteiger partial charge in [-0.2, -0.15) is 0 Å². The molecule has 0 aromatic rings. The first kappa shape index (κ1) is 13.4. The van der Waals surface area contributed by atoms with E-state index in [1.807, 2.05) is 6.92 Å². The van der Waals surface area contributed by atoms with Crippen LogP contribution in [-0.4, -0.2) is 57.4 Å². The van der Waals surface area contributed by atoms with Gasteiger partial charge in [0.25, 0.3) is 0 Å². The lowest BCUT2D eigenvalue weighted by Gasteiger charge is -2.22. The molecule has 1 fully saturated rings. The Morgan fingerprint density at radius 1 is 1.50 bits per heavy atom. The summed E-state index contributed by atoms with van der Waals surface area (Å²) in [6.45, 7) is 3.12. The van der Waals surface area contributed by atoms with E-state index in [1.54, 1.807) is 7.05 Å². The number of rotatable bonds is 4. The number of sulfone groups is 1. The molecule has 0 bridgehead atoms. The van der Waals surface area contributed by atoms with Crippen molar-refractivity contribution in [3.8, 4) is 0 Å². The zero-order valence-electron chi connectivity index (χ0n) is 10.1. The van der Waals surface area contributed by atoms with Crippen molar-refractivity contribution >= 4 is 15.7 Å². The summed E-state index contributed by atoms with van der Waals surface area (Å²) < 4.78 is 22.0. The van der Waals surface area contributed by atoms with E-state index < -0.39 is 9.84 Å². The molecular weight excluding hydrogens is 228 g/mol. The molecule has 0 saturated carbocycles. The van der Waals surface area contributed by atoms with Crippen LogP contribution in [0.15, 0.2) is 0 Å². The lowest BCUT2D eigenvalue weighted by molar-refractivity contribution is -0.134. The van der Waals surface area contributed by atoms with Gasteiger partial charge < -0.3 is 10.2 Å². The van der Waals surface area contributed by atoms with Crippen LogP contribution in [0.25, 0.3) is 0 Å². The molecule has 1 amide bonds. The van der Waals surface area contributed by atoms with Gasteiger partial charge in [0.05, 0.1) is 11.7 Å². The van der Waals surface area contributed by atoms with Crippen LogP contribution in [0.3, 0.4) is 0 Å². The minimum absolute atomic E-state index is 0.00967. The quantitative estimate of drug-likeness (QED) is 0.727. The molecule has 0 aromatic heterocycles. The first-order valence-corrected chi connectivity index (χ1v) is 7.53. The third-order valence-corrected chi connectivity index (χ3v) is 3.94. The van der Waals surface area contributed by atoms with Gasteiger partial charge in [-0.15, -0.1) is 0 Å². The van der Waals surface area contributed by atoms with Crippen molar-refractivity contribution in [1.29, 1.82) is 0 Å². The minimum atomic E-state index is -3.00. The number of carbonyl (C=O) groups excluding carboxylic acids is 1. The lowest BCUT2D eigenvalue weighted by Crippen LogP contribution is -2.39. The number of hydrogen-bond acceptors (Lipinski definition) is 4. The third kappa shape index (κ3) is 3.75. The maximum Gasteiger partial charge on any atom is 0.227 e. The first-order chi connectivity index (χ1) is 7.31. The first-order valence-electron chi connectivity index (χ1n) is 5.47. The normalized spacial score (nSPS) is 25.7. The number of carbonyl (C=O) groups is 1. The summed E-state index contributed by atoms with van der Waals surface area (Å²) in [6, 6.07) is 0.188. The zero-order valence-corrected chi connectivity index (χ0v) is 10.9. The average Bonchev–Trinajstić information content (AvgIpc) is 2.58. The second kappa shape index (κ2) is 5.14. The molecule has 0 aliphatic carbocycles. The molecule has 1 rings (SSSR count). The molecule has 16 heavy (non-hydrogen) atoms. The number of nitrogens with one attached hydrogen (secondary N) is 1. The molecule has 1 saturated heterocycles. The molecule has 2 atom stereocenters. The van der Waals surface area contributed by atoms with E-state index in [0.29, 0.717) is 0 Å². The van der Waals surface area contributed by atoms with Crippen molar-refractivity contribution in [2.24, 2.45) is 5.92 Å². The minimum Gasteiger partial charge on any atom is -0.344 e. The zero-order chi connectivity index (χ0) is 12.3. The molecule has 5 nitrogen and oxygen atoms in total. The van der Waals surface area contributed by atoms with Crippen molar-refractivity contribution in [3.05, 3.63) is 0 Å². The number of amides is 1. The summed E-state index contributed by atoms with van der Waals surface area (Å²) in [4.78, 5) is 13.5. The maximum absolute atomic E-state index is 12.0. The SMILES string of the molecule is CC1NCCC1C(=O)N(C)CCS(C)(=O)=O. The summed E-state index contributed by atoms with van der Waals surface area (Å²) in [5.74, 6) is 0.0646. The van der Waals surface area contributed by atoms with Gasteiger partial charge in [0.15, 0.2) is 0 Å². The highest BCUT2D eigenvalue weighted by Gasteiger charge is 2.31. The van der Waals surface area contributed by atoms with E-state index >= 15 is 0 Å². The molecule has 0 aromatic carbocycles. The molecular formula is C10H20N2O3S. The molecule has 1 heterocycles. The molecule has 1 N–H and O–H groups in total. The Hall–Kier alpha value is -0.620. The van der Waals surface area contributed by atoms with Crippen LogP contribution in [-0.2, 0) is 14.6 Å². The largest absolute Gasteiger partial charge is 0.344 e. The van der Waals surface area contributed by atoms with Crippen molar-refractivity contribution in [2.45, 2.75) is 19.4 Å². The van der Waals surface area contributed by atoms with Gasteiger partial charge in [-0.25, -0.2) is 8.42 Å². The third-order valence-electron chi connectivity index (χ3n) is 3.02. The monoisotopic (exact) mass is 248 g/mol. The highest BCUT2D eigenvalue weighted by atomic mass is 32.2. The predicted octanol–water partition coefficient (Wildman–Crippen LogP) is -0.513. The standard InChI is InChI=1S/C10H20N2O3S/c1-8-9(4-5-11-8)10(13)12(2)6-7-16(3,14)15/h8-9,11H,4-7H2,1-3H3. The Morgan fingerprint density at radius 2 is 2.12 bits per heavy atom. The van der Waals surface area contributed by atoms with Crippen LogP contribution in [0.2, 0.25) is 0 Å². The Balaban J connectivity index is 2.47. The van der Waals surface area contributed by atoms with E-state index in [0.717, 1.165) is 13.0 Å². The van der Waals surface area contributed by atoms with Gasteiger partial charge in [-0.1, -0.05) is 0 Å². The van der Waals surface area contributed by atoms with Gasteiger partial charge in [0.2, 0.25) is 5.91 Å². The highest BCUT2D eigenvalue weighted by molar-refractivity contribution is 7.90. The predicted molar refractivity (Wildman–Crippen MR) is 62.9 cm³/mol. The average molecular weight is 248 g/mol. The summed E-state index contributed by atoms with van der Waals surface area (Å²) in [6.07, 6.45) is 2.02. The van der Waals surface area contributed by atoms with Gasteiger partial charge in [-0.05, 0) is 19.9 Å². The summed E-state index contributed by atoms with van der Waals surface area (Å²) in [7, 11) is -1.33. The van der Waals surface area contributed by atoms with Crippen LogP contribution in [0, 0.1) is 5.92 Å². The van der Waals surface area contributed by atoms with Crippen molar-refractivity contribution in [1.82, 2.24) is 10.2 Å². The fourth-order valence-electron chi connectivity index (χ4n) is 1.89. The van der Waals surface area contributed by atoms with Crippen LogP contribution in [0.4, 0.5) is 0 Å². The van der Waals surface area contributed by atoms with Crippen LogP contribution in [0.1, 0.15) is 13.3 Å². The smallest absolute Gasteiger partial charge is 0.227 e. The molecule has 0 radical (unpaired) electrons. The Labute approximate surface area is 97.1 Å². The lowest BCUT2D eigenvalue weighted by atomic mass is 10.0. The van der Waals surface area contributed by atoms with Crippen molar-refractivity contribution in [2.75, 3.05) is 32.1 Å². The van der Waals surface area contributed by atoms with Crippen molar-refractivity contribution < 1.29 is 13.2 Å². The Morgan fingerprint density at radius 3 is 2.56 bits per heavy atom. The summed E-state index contributed by atoms with van der Waals surface area (Å²) in [5, 5.41) is 3.21. The molecule has 0 spiro atoms. The van der Waals surface area contributed by atoms with Crippen LogP contribution < -0.4 is 5.32 Å². The molecule has 1 aliphatic heterocycles. The van der Waals surface area contributed by atoms with Gasteiger partial charge in [0.1, 0.15) is 9.84 Å². The number of nitrogens with zero attached hydrogens (tertiary/aromatic N) is 1. The Bertz CT molecular complexity index is 353. The van der Waals surface area contributed by atoms with Gasteiger partial charge in [-0.3, -0.25) is 4.79 Å². The maximum atomic E-state index is 12.0. The van der Waals surface area contributed by atoms with Gasteiger partial charge in [0, 0.05) is 25.9 Å². The second-order valence-corrected chi connectivity index (χ2v) is 6.79. The second-order valence-electron chi connectivity index (χ2n) is 4.53. The molecule has 6 heteroatoms. The van der Waals surface area contributed by atoms with Gasteiger partial charge >= 0.3 is 0 Å². The molecule has 2 unspecified atom stereocenters. The van der Waals surface area contributed by atoms with Crippen molar-refractivity contribution in [3.63, 3.8) is 0 Å². The van der Waals surface area contributed by atoms with E-state index in [4.69, 9.17) is 0 Å². The summed E-state index contributed by atoms with van der Waals surface area (Å²) >= 11 is 0. The number of hydrogen-bond donors (Lipinski definition) is 1. The van der Waals surface area contributed by atoms with Crippen LogP contribution >= 0.6 is 0 Å². The highest BCUT2D eigenvalue weighted by Crippen LogP contribution is 2.17. The molecule has 1 aliphatic rings. The summed E-state index contributed by atoms with van der Waals surface area (Å²) in [5.41, 5.74) is 0.